The standard InChI is InChI=1S/C70H104Cl2N12O10S2/c1-47-35-51(71)39-61-59(47)41-63(83-25-11-13-55(45-83)79(5)6)67(61)93-65-17-15-57(37-49(65)3)95(87,88)77-53-19-27-81(43-53)29-33-91-31-23-75-69(85)73-21-9-10-22-74-70(86)76-24-32-92-34-30-82-28-20-54(44-82)78-96(89,90)58-16-18-66(50(4)38-58)94-68-62-40-52(72)36-48(2)60(62)42-64(68)84-26-12-14-56(46-84)80(7)8/h15-18,35-40,53-56,63-64,67-68,77-78H,9-14,19-34,41-46H2,1-8H3,(H2,73,75,85)(H2,74,76,86)/t53-,54-,55+,56+,63-,64-,67-,68-/m0/s1. The number of nitrogens with one attached hydrogen (secondary N) is 6. The quantitative estimate of drug-likeness (QED) is 0.0274. The van der Waals surface area contributed by atoms with E-state index in [0.717, 1.165) is 87.2 Å². The summed E-state index contributed by atoms with van der Waals surface area (Å²) in [5, 5.41) is 12.7. The van der Waals surface area contributed by atoms with Crippen LogP contribution in [0.1, 0.15) is 108 Å². The zero-order valence-electron chi connectivity index (χ0n) is 57.5. The molecule has 4 aromatic carbocycles. The van der Waals surface area contributed by atoms with Gasteiger partial charge in [-0.2, -0.15) is 0 Å². The maximum atomic E-state index is 13.7. The first kappa shape index (κ1) is 73.8. The van der Waals surface area contributed by atoms with E-state index in [1.165, 1.54) is 35.1 Å². The number of hydrogen-bond donors (Lipinski definition) is 6. The van der Waals surface area contributed by atoms with Gasteiger partial charge in [0.05, 0.1) is 48.3 Å². The summed E-state index contributed by atoms with van der Waals surface area (Å²) in [4.78, 5) is 39.3. The van der Waals surface area contributed by atoms with Gasteiger partial charge in [0.1, 0.15) is 23.7 Å². The van der Waals surface area contributed by atoms with Crippen LogP contribution in [0.5, 0.6) is 11.5 Å². The predicted octanol–water partition coefficient (Wildman–Crippen LogP) is 7.19. The fourth-order valence-electron chi connectivity index (χ4n) is 14.8. The van der Waals surface area contributed by atoms with E-state index in [-0.39, 0.29) is 58.2 Å². The number of fused-ring (bicyclic) bond motifs is 2. The number of benzene rings is 4. The third kappa shape index (κ3) is 19.5. The summed E-state index contributed by atoms with van der Waals surface area (Å²) in [6, 6.07) is 18.6. The Morgan fingerprint density at radius 2 is 0.917 bits per heavy atom. The molecule has 4 heterocycles. The minimum absolute atomic E-state index is 0.139. The fraction of sp³-hybridized carbons (Fsp3) is 0.629. The smallest absolute Gasteiger partial charge is 0.314 e. The van der Waals surface area contributed by atoms with Gasteiger partial charge in [0.25, 0.3) is 0 Å². The molecule has 26 heteroatoms. The molecule has 96 heavy (non-hydrogen) atoms. The van der Waals surface area contributed by atoms with E-state index in [1.807, 2.05) is 38.1 Å². The third-order valence-electron chi connectivity index (χ3n) is 20.3. The highest BCUT2D eigenvalue weighted by Gasteiger charge is 2.43. The Hall–Kier alpha value is -4.90. The molecule has 10 rings (SSSR count). The fourth-order valence-corrected chi connectivity index (χ4v) is 18.1. The number of ether oxygens (including phenoxy) is 4. The van der Waals surface area contributed by atoms with E-state index in [9.17, 15) is 26.4 Å². The first-order chi connectivity index (χ1) is 46.0. The highest BCUT2D eigenvalue weighted by Crippen LogP contribution is 2.45. The van der Waals surface area contributed by atoms with Gasteiger partial charge in [0.15, 0.2) is 0 Å². The number of sulfonamides is 2. The Morgan fingerprint density at radius 1 is 0.510 bits per heavy atom. The number of nitrogens with zero attached hydrogens (tertiary/aromatic N) is 6. The van der Waals surface area contributed by atoms with Crippen molar-refractivity contribution in [3.8, 4) is 11.5 Å². The lowest BCUT2D eigenvalue weighted by Gasteiger charge is -2.41. The number of amides is 4. The monoisotopic (exact) mass is 1410 g/mol. The van der Waals surface area contributed by atoms with Crippen molar-refractivity contribution in [2.45, 2.75) is 150 Å². The van der Waals surface area contributed by atoms with Crippen molar-refractivity contribution in [1.82, 2.24) is 60.1 Å². The summed E-state index contributed by atoms with van der Waals surface area (Å²) in [5.74, 6) is 1.32. The van der Waals surface area contributed by atoms with Gasteiger partial charge in [0, 0.05) is 99.7 Å². The molecular formula is C70H104Cl2N12O10S2. The molecule has 2 aliphatic carbocycles. The van der Waals surface area contributed by atoms with Crippen LogP contribution in [0.4, 0.5) is 9.59 Å². The van der Waals surface area contributed by atoms with Crippen LogP contribution >= 0.6 is 23.2 Å². The van der Waals surface area contributed by atoms with Gasteiger partial charge < -0.3 is 50.0 Å². The number of hydrogen-bond acceptors (Lipinski definition) is 16. The molecule has 530 valence electrons. The number of likely N-dealkylation sites (tertiary alicyclic amines) is 4. The second-order valence-corrected chi connectivity index (χ2v) is 32.0. The van der Waals surface area contributed by atoms with Crippen molar-refractivity contribution < 1.29 is 45.4 Å². The van der Waals surface area contributed by atoms with Crippen LogP contribution in [0.15, 0.2) is 70.5 Å². The van der Waals surface area contributed by atoms with Crippen molar-refractivity contribution in [2.24, 2.45) is 0 Å². The van der Waals surface area contributed by atoms with E-state index in [2.05, 4.69) is 102 Å². The van der Waals surface area contributed by atoms with Gasteiger partial charge in [-0.05, 0) is 251 Å². The number of piperidine rings is 2. The number of halogens is 2. The molecule has 0 radical (unpaired) electrons. The molecule has 0 saturated carbocycles. The number of rotatable bonds is 31. The summed E-state index contributed by atoms with van der Waals surface area (Å²) >= 11 is 13.2. The van der Waals surface area contributed by atoms with Crippen LogP contribution in [0.25, 0.3) is 0 Å². The first-order valence-corrected chi connectivity index (χ1v) is 38.3. The second kappa shape index (κ2) is 34.0. The molecule has 4 aliphatic heterocycles. The number of urea groups is 2. The van der Waals surface area contributed by atoms with E-state index in [4.69, 9.17) is 42.1 Å². The molecule has 4 aromatic rings. The lowest BCUT2D eigenvalue weighted by Crippen LogP contribution is -2.51. The van der Waals surface area contributed by atoms with Gasteiger partial charge in [-0.3, -0.25) is 19.6 Å². The third-order valence-corrected chi connectivity index (χ3v) is 23.8. The maximum absolute atomic E-state index is 13.7. The normalized spacial score (nSPS) is 23.6. The zero-order valence-corrected chi connectivity index (χ0v) is 60.7. The average molecular weight is 1410 g/mol. The Balaban J connectivity index is 0.535. The van der Waals surface area contributed by atoms with E-state index in [1.54, 1.807) is 36.4 Å². The van der Waals surface area contributed by atoms with Gasteiger partial charge in [-0.15, -0.1) is 0 Å². The molecule has 4 amide bonds. The molecule has 0 bridgehead atoms. The van der Waals surface area contributed by atoms with Crippen LogP contribution in [-0.2, 0) is 42.4 Å². The summed E-state index contributed by atoms with van der Waals surface area (Å²) in [6.45, 7) is 19.0. The van der Waals surface area contributed by atoms with Crippen molar-refractivity contribution in [3.63, 3.8) is 0 Å². The Kier molecular flexibility index (Phi) is 26.1. The van der Waals surface area contributed by atoms with Gasteiger partial charge in [0.2, 0.25) is 20.0 Å². The molecule has 8 atom stereocenters. The van der Waals surface area contributed by atoms with Crippen molar-refractivity contribution in [2.75, 3.05) is 146 Å². The van der Waals surface area contributed by atoms with E-state index in [0.29, 0.717) is 138 Å². The van der Waals surface area contributed by atoms with E-state index < -0.39 is 20.0 Å². The SMILES string of the molecule is Cc1cc(S(=O)(=O)N[C@H]2CCN(CCOCCNC(=O)NCCCCNC(=O)NCCOCCN3CC[C@H](NS(=O)(=O)c4ccc(O[C@H]5c6cc(Cl)cc(C)c6C[C@@H]5N5CCC[C@@H](N(C)C)C5)c(C)c4)C3)C2)ccc1O[C@H]1c2cc(Cl)cc(C)c2C[C@@H]1N1CCC[C@@H](N(C)C)C1. The number of unbranched alkanes of at least 4 members (excludes halogenated alkanes) is 1. The first-order valence-electron chi connectivity index (χ1n) is 34.6. The molecule has 0 unspecified atom stereocenters. The van der Waals surface area contributed by atoms with Gasteiger partial charge in [-0.1, -0.05) is 23.2 Å². The lowest BCUT2D eigenvalue weighted by atomic mass is 10.0. The van der Waals surface area contributed by atoms with Crippen LogP contribution in [-0.4, -0.2) is 241 Å². The Bertz CT molecular complexity index is 3310. The zero-order chi connectivity index (χ0) is 68.3. The number of carbonyl (C=O) groups is 2. The second-order valence-electron chi connectivity index (χ2n) is 27.7. The largest absolute Gasteiger partial charge is 0.484 e. The molecule has 6 aliphatic rings. The Labute approximate surface area is 580 Å². The van der Waals surface area contributed by atoms with Crippen LogP contribution in [0, 0.1) is 27.7 Å². The van der Waals surface area contributed by atoms with Gasteiger partial charge >= 0.3 is 12.1 Å². The maximum Gasteiger partial charge on any atom is 0.314 e. The number of carbonyl (C=O) groups excluding carboxylic acids is 2. The summed E-state index contributed by atoms with van der Waals surface area (Å²) in [6.07, 6.45) is 8.57. The van der Waals surface area contributed by atoms with Crippen molar-refractivity contribution in [3.05, 3.63) is 115 Å². The van der Waals surface area contributed by atoms with E-state index >= 15 is 0 Å². The van der Waals surface area contributed by atoms with Crippen molar-refractivity contribution >= 4 is 55.3 Å². The Morgan fingerprint density at radius 3 is 1.31 bits per heavy atom. The molecule has 6 N–H and O–H groups in total. The van der Waals surface area contributed by atoms with Crippen LogP contribution in [0.3, 0.4) is 0 Å². The average Bonchev–Trinajstić information content (AvgIpc) is 1.60. The molecule has 0 aromatic heterocycles. The van der Waals surface area contributed by atoms with Gasteiger partial charge in [-0.25, -0.2) is 35.9 Å². The molecular weight excluding hydrogens is 1300 g/mol. The highest BCUT2D eigenvalue weighted by atomic mass is 35.5. The summed E-state index contributed by atoms with van der Waals surface area (Å²) in [7, 11) is 0.998. The summed E-state index contributed by atoms with van der Waals surface area (Å²) in [5.41, 5.74) is 8.61. The van der Waals surface area contributed by atoms with Crippen LogP contribution < -0.4 is 40.2 Å². The topological polar surface area (TPSA) is 231 Å². The minimum Gasteiger partial charge on any atom is -0.484 e. The van der Waals surface area contributed by atoms with Crippen LogP contribution in [0.2, 0.25) is 10.0 Å². The molecule has 22 nitrogen and oxygen atoms in total. The predicted molar refractivity (Wildman–Crippen MR) is 377 cm³/mol. The minimum atomic E-state index is -3.80. The number of likely N-dealkylation sites (N-methyl/N-ethyl adjacent to an activating group) is 2. The molecule has 4 fully saturated rings. The molecule has 4 saturated heterocycles. The lowest BCUT2D eigenvalue weighted by molar-refractivity contribution is 0.0377. The van der Waals surface area contributed by atoms with Crippen molar-refractivity contribution in [1.29, 1.82) is 0 Å². The molecule has 0 spiro atoms. The summed E-state index contributed by atoms with van der Waals surface area (Å²) < 4.78 is 86.1. The number of aryl methyl sites for hydroxylation is 4. The highest BCUT2D eigenvalue weighted by molar-refractivity contribution is 7.89.